The van der Waals surface area contributed by atoms with Crippen molar-refractivity contribution in [3.8, 4) is 11.6 Å². The molecule has 0 N–H and O–H groups in total. The third-order valence-corrected chi connectivity index (χ3v) is 8.09. The molecular weight excluding hydrogens is 410 g/mol. The Bertz CT molecular complexity index is 1050. The summed E-state index contributed by atoms with van der Waals surface area (Å²) >= 11 is 0. The van der Waals surface area contributed by atoms with Gasteiger partial charge in [0.1, 0.15) is 11.9 Å². The summed E-state index contributed by atoms with van der Waals surface area (Å²) in [4.78, 5) is 10.1. The van der Waals surface area contributed by atoms with Crippen LogP contribution >= 0.6 is 0 Å². The average molecular weight is 442 g/mol. The standard InChI is InChI=1S/C24H31N3O3S/c1-17(19-5-4-18-8-11-29-23(18)12-19)26-9-10-27-16-21(13-20(27)15-26)30-24-7-6-22(14-25-24)31(2,3)28/h4-7,12,14,17,20-21H,2,8-11,13,15-16H2,1,3H3. The maximum absolute atomic E-state index is 12.0. The molecule has 31 heavy (non-hydrogen) atoms. The lowest BCUT2D eigenvalue weighted by atomic mass is 10.0. The topological polar surface area (TPSA) is 54.9 Å². The minimum absolute atomic E-state index is 0.137. The number of piperazine rings is 1. The van der Waals surface area contributed by atoms with Crippen LogP contribution in [0.15, 0.2) is 41.4 Å². The van der Waals surface area contributed by atoms with E-state index in [4.69, 9.17) is 9.47 Å². The number of benzene rings is 1. The number of ether oxygens (including phenoxy) is 2. The summed E-state index contributed by atoms with van der Waals surface area (Å²) in [6.45, 7) is 7.20. The zero-order valence-electron chi connectivity index (χ0n) is 18.3. The van der Waals surface area contributed by atoms with Gasteiger partial charge in [-0.15, -0.1) is 0 Å². The van der Waals surface area contributed by atoms with E-state index in [9.17, 15) is 4.21 Å². The molecule has 3 aliphatic heterocycles. The van der Waals surface area contributed by atoms with Gasteiger partial charge in [-0.25, -0.2) is 4.98 Å². The molecule has 5 rings (SSSR count). The molecule has 2 fully saturated rings. The van der Waals surface area contributed by atoms with Crippen LogP contribution in [0, 0.1) is 0 Å². The molecule has 1 aromatic heterocycles. The first-order valence-corrected chi connectivity index (χ1v) is 13.2. The van der Waals surface area contributed by atoms with Crippen LogP contribution in [0.5, 0.6) is 11.6 Å². The van der Waals surface area contributed by atoms with Crippen molar-refractivity contribution in [1.82, 2.24) is 14.8 Å². The van der Waals surface area contributed by atoms with E-state index < -0.39 is 9.52 Å². The number of hydrogen-bond acceptors (Lipinski definition) is 6. The number of pyridine rings is 1. The second-order valence-electron chi connectivity index (χ2n) is 9.10. The molecule has 0 spiro atoms. The van der Waals surface area contributed by atoms with E-state index >= 15 is 0 Å². The number of fused-ring (bicyclic) bond motifs is 2. The Morgan fingerprint density at radius 3 is 2.90 bits per heavy atom. The molecule has 2 aromatic rings. The van der Waals surface area contributed by atoms with Crippen LogP contribution in [-0.2, 0) is 15.9 Å². The number of nitrogens with zero attached hydrogens (tertiary/aromatic N) is 3. The van der Waals surface area contributed by atoms with E-state index in [0.717, 1.165) is 51.4 Å². The SMILES string of the molecule is C=S(C)(=O)c1ccc(OC2CC3CN(C(C)c4ccc5c(c4)OCC5)CCN3C2)nc1. The summed E-state index contributed by atoms with van der Waals surface area (Å²) in [6.07, 6.45) is 5.41. The van der Waals surface area contributed by atoms with Gasteiger partial charge in [0.15, 0.2) is 0 Å². The predicted octanol–water partition coefficient (Wildman–Crippen LogP) is 2.62. The summed E-state index contributed by atoms with van der Waals surface area (Å²) in [5.41, 5.74) is 2.66. The molecule has 0 amide bonds. The normalized spacial score (nSPS) is 26.5. The molecule has 0 saturated carbocycles. The van der Waals surface area contributed by atoms with Gasteiger partial charge < -0.3 is 9.47 Å². The van der Waals surface area contributed by atoms with Crippen molar-refractivity contribution in [3.05, 3.63) is 47.7 Å². The molecule has 4 heterocycles. The van der Waals surface area contributed by atoms with E-state index in [1.54, 1.807) is 12.5 Å². The van der Waals surface area contributed by atoms with E-state index in [-0.39, 0.29) is 6.10 Å². The lowest BCUT2D eigenvalue weighted by molar-refractivity contribution is 0.0760. The van der Waals surface area contributed by atoms with Gasteiger partial charge in [0.2, 0.25) is 5.88 Å². The van der Waals surface area contributed by atoms with Crippen molar-refractivity contribution in [3.63, 3.8) is 0 Å². The number of rotatable bonds is 5. The smallest absolute Gasteiger partial charge is 0.213 e. The molecule has 0 bridgehead atoms. The van der Waals surface area contributed by atoms with Crippen molar-refractivity contribution in [1.29, 1.82) is 0 Å². The van der Waals surface area contributed by atoms with Gasteiger partial charge in [-0.1, -0.05) is 12.1 Å². The quantitative estimate of drug-likeness (QED) is 0.665. The van der Waals surface area contributed by atoms with Gasteiger partial charge >= 0.3 is 0 Å². The van der Waals surface area contributed by atoms with E-state index in [1.165, 1.54) is 11.1 Å². The van der Waals surface area contributed by atoms with Gasteiger partial charge in [-0.05, 0) is 45.6 Å². The molecule has 0 radical (unpaired) electrons. The van der Waals surface area contributed by atoms with Crippen LogP contribution in [0.2, 0.25) is 0 Å². The van der Waals surface area contributed by atoms with Crippen LogP contribution in [0.1, 0.15) is 30.5 Å². The van der Waals surface area contributed by atoms with Gasteiger partial charge in [0.05, 0.1) is 6.61 Å². The Morgan fingerprint density at radius 1 is 1.26 bits per heavy atom. The number of aromatic nitrogens is 1. The Balaban J connectivity index is 1.20. The van der Waals surface area contributed by atoms with E-state index in [0.29, 0.717) is 22.9 Å². The Morgan fingerprint density at radius 2 is 2.13 bits per heavy atom. The molecule has 6 nitrogen and oxygen atoms in total. The maximum atomic E-state index is 12.0. The van der Waals surface area contributed by atoms with Crippen molar-refractivity contribution in [2.75, 3.05) is 39.0 Å². The van der Waals surface area contributed by atoms with Gasteiger partial charge in [-0.3, -0.25) is 14.0 Å². The second-order valence-corrected chi connectivity index (χ2v) is 11.6. The van der Waals surface area contributed by atoms with Crippen LogP contribution in [0.4, 0.5) is 0 Å². The average Bonchev–Trinajstić information content (AvgIpc) is 3.38. The van der Waals surface area contributed by atoms with Gasteiger partial charge in [0, 0.05) is 74.5 Å². The van der Waals surface area contributed by atoms with Crippen LogP contribution in [0.3, 0.4) is 0 Å². The third-order valence-electron chi connectivity index (χ3n) is 6.85. The van der Waals surface area contributed by atoms with Crippen molar-refractivity contribution in [2.24, 2.45) is 0 Å². The zero-order chi connectivity index (χ0) is 21.6. The number of hydrogen-bond donors (Lipinski definition) is 0. The molecule has 166 valence electrons. The van der Waals surface area contributed by atoms with Gasteiger partial charge in [-0.2, -0.15) is 0 Å². The summed E-state index contributed by atoms with van der Waals surface area (Å²) < 4.78 is 24.0. The predicted molar refractivity (Wildman–Crippen MR) is 124 cm³/mol. The molecular formula is C24H31N3O3S. The molecule has 4 unspecified atom stereocenters. The first-order valence-electron chi connectivity index (χ1n) is 11.1. The summed E-state index contributed by atoms with van der Waals surface area (Å²) in [5, 5.41) is 0. The molecule has 1 aromatic carbocycles. The highest BCUT2D eigenvalue weighted by Crippen LogP contribution is 2.33. The lowest BCUT2D eigenvalue weighted by Gasteiger charge is -2.40. The maximum Gasteiger partial charge on any atom is 0.213 e. The van der Waals surface area contributed by atoms with Gasteiger partial charge in [0.25, 0.3) is 0 Å². The lowest BCUT2D eigenvalue weighted by Crippen LogP contribution is -2.50. The zero-order valence-corrected chi connectivity index (χ0v) is 19.1. The van der Waals surface area contributed by atoms with Crippen LogP contribution in [-0.4, -0.2) is 76.1 Å². The minimum atomic E-state index is -2.24. The fourth-order valence-electron chi connectivity index (χ4n) is 4.97. The molecule has 4 atom stereocenters. The van der Waals surface area contributed by atoms with Crippen LogP contribution in [0.25, 0.3) is 0 Å². The van der Waals surface area contributed by atoms with Crippen molar-refractivity contribution >= 4 is 15.4 Å². The highest BCUT2D eigenvalue weighted by atomic mass is 32.2. The fourth-order valence-corrected chi connectivity index (χ4v) is 5.61. The van der Waals surface area contributed by atoms with Crippen molar-refractivity contribution < 1.29 is 13.7 Å². The Labute approximate surface area is 185 Å². The van der Waals surface area contributed by atoms with Crippen molar-refractivity contribution in [2.45, 2.75) is 42.8 Å². The summed E-state index contributed by atoms with van der Waals surface area (Å²) in [7, 11) is -2.24. The first-order chi connectivity index (χ1) is 14.9. The highest BCUT2D eigenvalue weighted by molar-refractivity contribution is 7.99. The largest absolute Gasteiger partial charge is 0.493 e. The van der Waals surface area contributed by atoms with E-state index in [1.807, 2.05) is 12.1 Å². The minimum Gasteiger partial charge on any atom is -0.493 e. The Hall–Kier alpha value is -2.09. The third kappa shape index (κ3) is 4.31. The second kappa shape index (κ2) is 8.11. The summed E-state index contributed by atoms with van der Waals surface area (Å²) in [6, 6.07) is 11.2. The first kappa shape index (κ1) is 20.8. The molecule has 0 aliphatic carbocycles. The fraction of sp³-hybridized carbons (Fsp3) is 0.500. The highest BCUT2D eigenvalue weighted by Gasteiger charge is 2.38. The molecule has 2 saturated heterocycles. The Kier molecular flexibility index (Phi) is 5.44. The molecule has 3 aliphatic rings. The molecule has 7 heteroatoms. The van der Waals surface area contributed by atoms with E-state index in [2.05, 4.69) is 45.8 Å². The monoisotopic (exact) mass is 441 g/mol. The summed E-state index contributed by atoms with van der Waals surface area (Å²) in [5.74, 6) is 5.37. The van der Waals surface area contributed by atoms with Crippen LogP contribution < -0.4 is 9.47 Å².